The Morgan fingerprint density at radius 2 is 2.00 bits per heavy atom. The van der Waals surface area contributed by atoms with Crippen LogP contribution in [0.25, 0.3) is 0 Å². The number of amides is 1. The number of rotatable bonds is 5. The molecule has 0 aliphatic rings. The second kappa shape index (κ2) is 6.45. The summed E-state index contributed by atoms with van der Waals surface area (Å²) in [7, 11) is 0. The van der Waals surface area contributed by atoms with Crippen molar-refractivity contribution in [3.8, 4) is 12.3 Å². The molecule has 1 aromatic rings. The van der Waals surface area contributed by atoms with Crippen LogP contribution in [-0.4, -0.2) is 34.5 Å². The molecular formula is C14H15NO3. The highest BCUT2D eigenvalue weighted by molar-refractivity contribution is 5.82. The summed E-state index contributed by atoms with van der Waals surface area (Å²) in [5, 5.41) is 9.22. The Labute approximate surface area is 106 Å². The van der Waals surface area contributed by atoms with Crippen molar-refractivity contribution in [3.63, 3.8) is 0 Å². The molecule has 0 spiro atoms. The quantitative estimate of drug-likeness (QED) is 0.792. The van der Waals surface area contributed by atoms with Gasteiger partial charge in [0.05, 0.1) is 6.54 Å². The summed E-state index contributed by atoms with van der Waals surface area (Å²) < 4.78 is 0. The fourth-order valence-corrected chi connectivity index (χ4v) is 1.71. The highest BCUT2D eigenvalue weighted by Gasteiger charge is 2.27. The number of carboxylic acid groups (broad SMARTS) is 1. The van der Waals surface area contributed by atoms with E-state index in [0.29, 0.717) is 0 Å². The average molecular weight is 245 g/mol. The van der Waals surface area contributed by atoms with Crippen LogP contribution >= 0.6 is 0 Å². The molecule has 18 heavy (non-hydrogen) atoms. The Balaban J connectivity index is 2.92. The van der Waals surface area contributed by atoms with Gasteiger partial charge in [-0.15, -0.1) is 6.42 Å². The van der Waals surface area contributed by atoms with Gasteiger partial charge < -0.3 is 10.0 Å². The molecular weight excluding hydrogens is 230 g/mol. The number of benzene rings is 1. The molecule has 4 nitrogen and oxygen atoms in total. The van der Waals surface area contributed by atoms with Gasteiger partial charge in [0.1, 0.15) is 6.04 Å². The zero-order valence-electron chi connectivity index (χ0n) is 10.2. The van der Waals surface area contributed by atoms with Crippen LogP contribution in [0.1, 0.15) is 12.5 Å². The minimum atomic E-state index is -1.05. The van der Waals surface area contributed by atoms with Crippen molar-refractivity contribution < 1.29 is 14.7 Å². The lowest BCUT2D eigenvalue weighted by atomic mass is 10.0. The molecule has 0 heterocycles. The maximum atomic E-state index is 11.4. The van der Waals surface area contributed by atoms with Crippen molar-refractivity contribution in [2.24, 2.45) is 0 Å². The van der Waals surface area contributed by atoms with E-state index in [1.807, 2.05) is 30.3 Å². The molecule has 1 N–H and O–H groups in total. The van der Waals surface area contributed by atoms with Crippen LogP contribution in [0.4, 0.5) is 0 Å². The van der Waals surface area contributed by atoms with Crippen LogP contribution in [0.2, 0.25) is 0 Å². The van der Waals surface area contributed by atoms with Crippen LogP contribution < -0.4 is 0 Å². The average Bonchev–Trinajstić information content (AvgIpc) is 2.34. The number of carbonyl (C=O) groups is 2. The summed E-state index contributed by atoms with van der Waals surface area (Å²) in [5.41, 5.74) is 0.855. The molecule has 0 saturated heterocycles. The zero-order valence-corrected chi connectivity index (χ0v) is 10.2. The minimum absolute atomic E-state index is 0.000860. The smallest absolute Gasteiger partial charge is 0.326 e. The van der Waals surface area contributed by atoms with Crippen molar-refractivity contribution >= 4 is 11.9 Å². The van der Waals surface area contributed by atoms with Gasteiger partial charge in [-0.3, -0.25) is 4.79 Å². The normalized spacial score (nSPS) is 11.3. The third-order valence-electron chi connectivity index (χ3n) is 2.60. The molecule has 1 amide bonds. The van der Waals surface area contributed by atoms with Crippen molar-refractivity contribution in [3.05, 3.63) is 35.9 Å². The molecule has 0 fully saturated rings. The molecule has 1 unspecified atom stereocenters. The number of nitrogens with zero attached hydrogens (tertiary/aromatic N) is 1. The highest BCUT2D eigenvalue weighted by atomic mass is 16.4. The summed E-state index contributed by atoms with van der Waals surface area (Å²) in [6.45, 7) is 1.32. The van der Waals surface area contributed by atoms with E-state index >= 15 is 0 Å². The first kappa shape index (κ1) is 13.8. The van der Waals surface area contributed by atoms with E-state index in [-0.39, 0.29) is 18.9 Å². The Hall–Kier alpha value is -2.28. The Kier molecular flexibility index (Phi) is 4.94. The molecule has 1 atom stereocenters. The molecule has 0 radical (unpaired) electrons. The van der Waals surface area contributed by atoms with Gasteiger partial charge in [0.2, 0.25) is 5.91 Å². The van der Waals surface area contributed by atoms with Crippen LogP contribution in [-0.2, 0) is 16.0 Å². The standard InChI is InChI=1S/C14H15NO3/c1-3-9-15(11(2)16)13(14(17)18)10-12-7-5-4-6-8-12/h1,4-8,13H,9-10H2,2H3,(H,17,18). The lowest BCUT2D eigenvalue weighted by molar-refractivity contribution is -0.148. The summed E-state index contributed by atoms with van der Waals surface area (Å²) in [6, 6.07) is 8.22. The lowest BCUT2D eigenvalue weighted by Crippen LogP contribution is -2.45. The highest BCUT2D eigenvalue weighted by Crippen LogP contribution is 2.09. The maximum Gasteiger partial charge on any atom is 0.326 e. The van der Waals surface area contributed by atoms with Gasteiger partial charge in [-0.1, -0.05) is 36.3 Å². The first-order valence-corrected chi connectivity index (χ1v) is 5.53. The van der Waals surface area contributed by atoms with Crippen molar-refractivity contribution in [1.29, 1.82) is 0 Å². The Bertz CT molecular complexity index is 462. The topological polar surface area (TPSA) is 57.6 Å². The molecule has 0 bridgehead atoms. The summed E-state index contributed by atoms with van der Waals surface area (Å²) >= 11 is 0. The van der Waals surface area contributed by atoms with Crippen LogP contribution in [0, 0.1) is 12.3 Å². The van der Waals surface area contributed by atoms with E-state index in [1.165, 1.54) is 11.8 Å². The van der Waals surface area contributed by atoms with Crippen LogP contribution in [0.5, 0.6) is 0 Å². The molecule has 0 aliphatic heterocycles. The molecule has 1 aromatic carbocycles. The van der Waals surface area contributed by atoms with Gasteiger partial charge in [0, 0.05) is 13.3 Å². The van der Waals surface area contributed by atoms with Crippen LogP contribution in [0.3, 0.4) is 0 Å². The number of carboxylic acids is 1. The number of aliphatic carboxylic acids is 1. The second-order valence-corrected chi connectivity index (χ2v) is 3.89. The van der Waals surface area contributed by atoms with E-state index in [0.717, 1.165) is 5.56 Å². The molecule has 94 valence electrons. The van der Waals surface area contributed by atoms with Gasteiger partial charge in [-0.25, -0.2) is 4.79 Å². The van der Waals surface area contributed by atoms with Crippen molar-refractivity contribution in [1.82, 2.24) is 4.90 Å². The lowest BCUT2D eigenvalue weighted by Gasteiger charge is -2.26. The van der Waals surface area contributed by atoms with E-state index in [9.17, 15) is 14.7 Å². The Morgan fingerprint density at radius 3 is 2.44 bits per heavy atom. The number of hydrogen-bond donors (Lipinski definition) is 1. The predicted octanol–water partition coefficient (Wildman–Crippen LogP) is 1.16. The molecule has 0 saturated carbocycles. The van der Waals surface area contributed by atoms with E-state index in [1.54, 1.807) is 0 Å². The third-order valence-corrected chi connectivity index (χ3v) is 2.60. The molecule has 0 aromatic heterocycles. The number of terminal acetylenes is 1. The van der Waals surface area contributed by atoms with Gasteiger partial charge in [-0.2, -0.15) is 0 Å². The SMILES string of the molecule is C#CCN(C(C)=O)C(Cc1ccccc1)C(=O)O. The first-order chi connectivity index (χ1) is 8.56. The predicted molar refractivity (Wildman–Crippen MR) is 67.8 cm³/mol. The third kappa shape index (κ3) is 3.63. The minimum Gasteiger partial charge on any atom is -0.480 e. The van der Waals surface area contributed by atoms with E-state index < -0.39 is 12.0 Å². The Morgan fingerprint density at radius 1 is 1.39 bits per heavy atom. The van der Waals surface area contributed by atoms with E-state index in [4.69, 9.17) is 6.42 Å². The number of hydrogen-bond acceptors (Lipinski definition) is 2. The fraction of sp³-hybridized carbons (Fsp3) is 0.286. The van der Waals surface area contributed by atoms with E-state index in [2.05, 4.69) is 5.92 Å². The molecule has 1 rings (SSSR count). The molecule has 0 aliphatic carbocycles. The van der Waals surface area contributed by atoms with Crippen LogP contribution in [0.15, 0.2) is 30.3 Å². The second-order valence-electron chi connectivity index (χ2n) is 3.89. The van der Waals surface area contributed by atoms with Crippen molar-refractivity contribution in [2.45, 2.75) is 19.4 Å². The zero-order chi connectivity index (χ0) is 13.5. The summed E-state index contributed by atoms with van der Waals surface area (Å²) in [6.07, 6.45) is 5.41. The summed E-state index contributed by atoms with van der Waals surface area (Å²) in [4.78, 5) is 23.9. The maximum absolute atomic E-state index is 11.4. The fourth-order valence-electron chi connectivity index (χ4n) is 1.71. The largest absolute Gasteiger partial charge is 0.480 e. The number of carbonyl (C=O) groups excluding carboxylic acids is 1. The van der Waals surface area contributed by atoms with Gasteiger partial charge >= 0.3 is 5.97 Å². The monoisotopic (exact) mass is 245 g/mol. The van der Waals surface area contributed by atoms with Crippen molar-refractivity contribution in [2.75, 3.05) is 6.54 Å². The molecule has 4 heteroatoms. The van der Waals surface area contributed by atoms with Gasteiger partial charge in [0.25, 0.3) is 0 Å². The van der Waals surface area contributed by atoms with Gasteiger partial charge in [0.15, 0.2) is 0 Å². The first-order valence-electron chi connectivity index (χ1n) is 5.53. The summed E-state index contributed by atoms with van der Waals surface area (Å²) in [5.74, 6) is 0.924. The van der Waals surface area contributed by atoms with Gasteiger partial charge in [-0.05, 0) is 5.56 Å².